The van der Waals surface area contributed by atoms with Crippen molar-refractivity contribution < 1.29 is 4.74 Å². The van der Waals surface area contributed by atoms with Gasteiger partial charge in [-0.25, -0.2) is 0 Å². The summed E-state index contributed by atoms with van der Waals surface area (Å²) in [5.74, 6) is 0. The Morgan fingerprint density at radius 3 is 2.74 bits per heavy atom. The van der Waals surface area contributed by atoms with E-state index in [2.05, 4.69) is 37.1 Å². The van der Waals surface area contributed by atoms with E-state index in [1.54, 1.807) is 0 Å². The second kappa shape index (κ2) is 5.40. The normalized spacial score (nSPS) is 28.4. The van der Waals surface area contributed by atoms with Crippen LogP contribution < -0.4 is 5.32 Å². The Bertz CT molecular complexity index is 359. The second-order valence-electron chi connectivity index (χ2n) is 6.97. The zero-order chi connectivity index (χ0) is 14.1. The molecule has 4 heteroatoms. The van der Waals surface area contributed by atoms with Crippen LogP contribution in [0.2, 0.25) is 0 Å². The van der Waals surface area contributed by atoms with Gasteiger partial charge in [-0.05, 0) is 47.0 Å². The smallest absolute Gasteiger partial charge is 0.105 e. The Morgan fingerprint density at radius 1 is 1.53 bits per heavy atom. The number of nitrogens with zero attached hydrogens (tertiary/aromatic N) is 2. The molecule has 1 aliphatic carbocycles. The van der Waals surface area contributed by atoms with Gasteiger partial charge in [0.1, 0.15) is 5.54 Å². The van der Waals surface area contributed by atoms with E-state index in [-0.39, 0.29) is 5.54 Å². The van der Waals surface area contributed by atoms with Gasteiger partial charge in [-0.1, -0.05) is 0 Å². The molecule has 0 aromatic heterocycles. The van der Waals surface area contributed by atoms with Crippen LogP contribution in [0.3, 0.4) is 0 Å². The SMILES string of the molecule is CC(CC(C)(C#N)NC1CC1)N1CCOCC1(C)C. The Morgan fingerprint density at radius 2 is 2.21 bits per heavy atom. The average molecular weight is 265 g/mol. The molecule has 1 N–H and O–H groups in total. The third-order valence-electron chi connectivity index (χ3n) is 4.29. The van der Waals surface area contributed by atoms with Crippen molar-refractivity contribution in [2.45, 2.75) is 70.1 Å². The monoisotopic (exact) mass is 265 g/mol. The molecule has 1 aliphatic heterocycles. The molecule has 0 aromatic carbocycles. The lowest BCUT2D eigenvalue weighted by Crippen LogP contribution is -2.58. The first kappa shape index (κ1) is 14.8. The predicted octanol–water partition coefficient (Wildman–Crippen LogP) is 1.91. The molecule has 1 saturated carbocycles. The highest BCUT2D eigenvalue weighted by Gasteiger charge is 2.39. The summed E-state index contributed by atoms with van der Waals surface area (Å²) in [6.45, 7) is 11.2. The Labute approximate surface area is 117 Å². The number of rotatable bonds is 5. The van der Waals surface area contributed by atoms with Gasteiger partial charge >= 0.3 is 0 Å². The van der Waals surface area contributed by atoms with Gasteiger partial charge in [-0.2, -0.15) is 5.26 Å². The molecule has 0 bridgehead atoms. The highest BCUT2D eigenvalue weighted by atomic mass is 16.5. The van der Waals surface area contributed by atoms with Crippen molar-refractivity contribution in [3.05, 3.63) is 0 Å². The van der Waals surface area contributed by atoms with Crippen LogP contribution in [0, 0.1) is 11.3 Å². The first-order chi connectivity index (χ1) is 8.86. The molecule has 0 aromatic rings. The quantitative estimate of drug-likeness (QED) is 0.825. The minimum Gasteiger partial charge on any atom is -0.378 e. The van der Waals surface area contributed by atoms with E-state index in [4.69, 9.17) is 4.74 Å². The molecule has 0 radical (unpaired) electrons. The van der Waals surface area contributed by atoms with Crippen LogP contribution in [0.25, 0.3) is 0 Å². The number of nitriles is 1. The fourth-order valence-corrected chi connectivity index (χ4v) is 3.20. The first-order valence-electron chi connectivity index (χ1n) is 7.40. The Kier molecular flexibility index (Phi) is 4.20. The van der Waals surface area contributed by atoms with Crippen LogP contribution in [0.5, 0.6) is 0 Å². The van der Waals surface area contributed by atoms with E-state index in [1.165, 1.54) is 12.8 Å². The van der Waals surface area contributed by atoms with Crippen molar-refractivity contribution in [3.8, 4) is 6.07 Å². The number of ether oxygens (including phenoxy) is 1. The van der Waals surface area contributed by atoms with E-state index < -0.39 is 5.54 Å². The van der Waals surface area contributed by atoms with Gasteiger partial charge < -0.3 is 4.74 Å². The molecule has 108 valence electrons. The molecular weight excluding hydrogens is 238 g/mol. The van der Waals surface area contributed by atoms with Crippen LogP contribution in [0.1, 0.15) is 47.0 Å². The van der Waals surface area contributed by atoms with Crippen LogP contribution in [-0.2, 0) is 4.74 Å². The average Bonchev–Trinajstić information content (AvgIpc) is 3.11. The van der Waals surface area contributed by atoms with Crippen LogP contribution >= 0.6 is 0 Å². The van der Waals surface area contributed by atoms with Gasteiger partial charge in [0.15, 0.2) is 0 Å². The fraction of sp³-hybridized carbons (Fsp3) is 0.933. The summed E-state index contributed by atoms with van der Waals surface area (Å²) in [6, 6.07) is 3.43. The minimum atomic E-state index is -0.408. The number of hydrogen-bond donors (Lipinski definition) is 1. The number of morpholine rings is 1. The molecule has 1 heterocycles. The zero-order valence-electron chi connectivity index (χ0n) is 12.7. The van der Waals surface area contributed by atoms with Gasteiger partial charge in [-0.3, -0.25) is 10.2 Å². The molecular formula is C15H27N3O. The third kappa shape index (κ3) is 3.68. The van der Waals surface area contributed by atoms with Crippen LogP contribution in [0.15, 0.2) is 0 Å². The maximum atomic E-state index is 9.48. The highest BCUT2D eigenvalue weighted by Crippen LogP contribution is 2.28. The van der Waals surface area contributed by atoms with E-state index in [1.807, 2.05) is 6.92 Å². The van der Waals surface area contributed by atoms with Crippen molar-refractivity contribution >= 4 is 0 Å². The Hall–Kier alpha value is -0.630. The molecule has 2 aliphatic rings. The maximum Gasteiger partial charge on any atom is 0.105 e. The summed E-state index contributed by atoms with van der Waals surface area (Å²) in [7, 11) is 0. The van der Waals surface area contributed by atoms with Gasteiger partial charge in [0.25, 0.3) is 0 Å². The molecule has 4 nitrogen and oxygen atoms in total. The third-order valence-corrected chi connectivity index (χ3v) is 4.29. The predicted molar refractivity (Wildman–Crippen MR) is 75.9 cm³/mol. The van der Waals surface area contributed by atoms with Crippen molar-refractivity contribution in [1.82, 2.24) is 10.2 Å². The Balaban J connectivity index is 1.98. The summed E-state index contributed by atoms with van der Waals surface area (Å²) in [6.07, 6.45) is 3.30. The second-order valence-corrected chi connectivity index (χ2v) is 6.97. The molecule has 0 amide bonds. The molecule has 2 atom stereocenters. The molecule has 1 saturated heterocycles. The molecule has 19 heavy (non-hydrogen) atoms. The maximum absolute atomic E-state index is 9.48. The lowest BCUT2D eigenvalue weighted by molar-refractivity contribution is -0.0723. The summed E-state index contributed by atoms with van der Waals surface area (Å²) in [5.41, 5.74) is -0.345. The molecule has 2 rings (SSSR count). The molecule has 0 spiro atoms. The van der Waals surface area contributed by atoms with Crippen molar-refractivity contribution in [3.63, 3.8) is 0 Å². The largest absolute Gasteiger partial charge is 0.378 e. The fourth-order valence-electron chi connectivity index (χ4n) is 3.20. The first-order valence-corrected chi connectivity index (χ1v) is 7.40. The van der Waals surface area contributed by atoms with Crippen molar-refractivity contribution in [2.24, 2.45) is 0 Å². The summed E-state index contributed by atoms with van der Waals surface area (Å²) in [5, 5.41) is 13.0. The lowest BCUT2D eigenvalue weighted by atomic mass is 9.91. The summed E-state index contributed by atoms with van der Waals surface area (Å²) >= 11 is 0. The highest BCUT2D eigenvalue weighted by molar-refractivity contribution is 5.09. The number of hydrogen-bond acceptors (Lipinski definition) is 4. The minimum absolute atomic E-state index is 0.0631. The standard InChI is InChI=1S/C15H27N3O/c1-12(18-7-8-19-11-14(18,2)3)9-15(4,10-16)17-13-5-6-13/h12-13,17H,5-9,11H2,1-4H3. The van der Waals surface area contributed by atoms with Crippen molar-refractivity contribution in [2.75, 3.05) is 19.8 Å². The van der Waals surface area contributed by atoms with E-state index >= 15 is 0 Å². The van der Waals surface area contributed by atoms with Crippen molar-refractivity contribution in [1.29, 1.82) is 5.26 Å². The lowest BCUT2D eigenvalue weighted by Gasteiger charge is -2.47. The number of nitrogens with one attached hydrogen (secondary N) is 1. The van der Waals surface area contributed by atoms with Crippen LogP contribution in [-0.4, -0.2) is 47.8 Å². The molecule has 2 unspecified atom stereocenters. The van der Waals surface area contributed by atoms with Gasteiger partial charge in [0, 0.05) is 24.2 Å². The summed E-state index contributed by atoms with van der Waals surface area (Å²) in [4.78, 5) is 2.49. The van der Waals surface area contributed by atoms with E-state index in [9.17, 15) is 5.26 Å². The van der Waals surface area contributed by atoms with Gasteiger partial charge in [-0.15, -0.1) is 0 Å². The van der Waals surface area contributed by atoms with Gasteiger partial charge in [0.05, 0.1) is 19.3 Å². The van der Waals surface area contributed by atoms with E-state index in [0.717, 1.165) is 26.2 Å². The summed E-state index contributed by atoms with van der Waals surface area (Å²) < 4.78 is 5.57. The zero-order valence-corrected chi connectivity index (χ0v) is 12.7. The molecule has 2 fully saturated rings. The van der Waals surface area contributed by atoms with Gasteiger partial charge in [0.2, 0.25) is 0 Å². The van der Waals surface area contributed by atoms with E-state index in [0.29, 0.717) is 12.1 Å². The van der Waals surface area contributed by atoms with Crippen LogP contribution in [0.4, 0.5) is 0 Å². The topological polar surface area (TPSA) is 48.3 Å².